The summed E-state index contributed by atoms with van der Waals surface area (Å²) < 4.78 is 19.5. The number of fused-ring (bicyclic) bond motifs is 2. The van der Waals surface area contributed by atoms with Crippen LogP contribution in [0, 0.1) is 11.8 Å². The molecule has 2 saturated carbocycles. The van der Waals surface area contributed by atoms with Crippen molar-refractivity contribution in [3.8, 4) is 0 Å². The first-order valence-corrected chi connectivity index (χ1v) is 9.17. The van der Waals surface area contributed by atoms with E-state index in [0.717, 1.165) is 5.92 Å². The summed E-state index contributed by atoms with van der Waals surface area (Å²) in [6.45, 7) is 2.48. The van der Waals surface area contributed by atoms with Gasteiger partial charge in [-0.25, -0.2) is 4.39 Å². The van der Waals surface area contributed by atoms with Gasteiger partial charge in [0.25, 0.3) is 5.91 Å². The molecule has 1 saturated heterocycles. The van der Waals surface area contributed by atoms with Gasteiger partial charge in [0.05, 0.1) is 0 Å². The van der Waals surface area contributed by atoms with E-state index in [1.165, 1.54) is 37.4 Å². The number of amides is 1. The number of ether oxygens (including phenoxy) is 1. The molecule has 3 fully saturated rings. The van der Waals surface area contributed by atoms with Crippen molar-refractivity contribution in [1.29, 1.82) is 0 Å². The monoisotopic (exact) mass is 326 g/mol. The smallest absolute Gasteiger partial charge is 0.267 e. The number of hydrogen-bond acceptors (Lipinski definition) is 4. The molecular weight excluding hydrogens is 303 g/mol. The van der Waals surface area contributed by atoms with Crippen LogP contribution in [0.4, 0.5) is 4.39 Å². The largest absolute Gasteiger partial charge is 0.381 e. The molecule has 4 nitrogen and oxygen atoms in total. The SMILES string of the molecule is CC1(C2(F)CCOCC2)SC(N[C@H]2C[C@@H]3CCC2C3)=NC1=O. The van der Waals surface area contributed by atoms with E-state index in [1.54, 1.807) is 6.92 Å². The minimum Gasteiger partial charge on any atom is -0.381 e. The van der Waals surface area contributed by atoms with Crippen LogP contribution in [0.2, 0.25) is 0 Å². The van der Waals surface area contributed by atoms with Crippen molar-refractivity contribution in [3.05, 3.63) is 0 Å². The van der Waals surface area contributed by atoms with Gasteiger partial charge < -0.3 is 10.1 Å². The van der Waals surface area contributed by atoms with Crippen molar-refractivity contribution in [2.24, 2.45) is 16.8 Å². The summed E-state index contributed by atoms with van der Waals surface area (Å²) in [5, 5.41) is 4.08. The van der Waals surface area contributed by atoms with E-state index in [4.69, 9.17) is 4.74 Å². The topological polar surface area (TPSA) is 50.7 Å². The zero-order chi connectivity index (χ0) is 15.4. The molecule has 0 radical (unpaired) electrons. The van der Waals surface area contributed by atoms with Gasteiger partial charge in [0.1, 0.15) is 10.4 Å². The Kier molecular flexibility index (Phi) is 3.53. The number of thioether (sulfide) groups is 1. The lowest BCUT2D eigenvalue weighted by molar-refractivity contribution is -0.126. The summed E-state index contributed by atoms with van der Waals surface area (Å²) in [5.41, 5.74) is -1.52. The molecule has 122 valence electrons. The molecule has 6 heteroatoms. The van der Waals surface area contributed by atoms with Crippen molar-refractivity contribution < 1.29 is 13.9 Å². The fraction of sp³-hybridized carbons (Fsp3) is 0.875. The fourth-order valence-corrected chi connectivity index (χ4v) is 5.80. The quantitative estimate of drug-likeness (QED) is 0.848. The molecule has 4 rings (SSSR count). The van der Waals surface area contributed by atoms with Gasteiger partial charge in [-0.15, -0.1) is 0 Å². The van der Waals surface area contributed by atoms with Crippen LogP contribution in [0.5, 0.6) is 0 Å². The summed E-state index contributed by atoms with van der Waals surface area (Å²) in [5.74, 6) is 1.21. The summed E-state index contributed by atoms with van der Waals surface area (Å²) in [6, 6.07) is 0.422. The second-order valence-electron chi connectivity index (χ2n) is 7.36. The number of rotatable bonds is 2. The number of nitrogens with one attached hydrogen (secondary N) is 1. The third-order valence-corrected chi connectivity index (χ3v) is 7.45. The van der Waals surface area contributed by atoms with Gasteiger partial charge in [-0.2, -0.15) is 4.99 Å². The van der Waals surface area contributed by atoms with Crippen LogP contribution in [0.15, 0.2) is 4.99 Å². The number of nitrogens with zero attached hydrogens (tertiary/aromatic N) is 1. The minimum absolute atomic E-state index is 0.277. The molecule has 1 amide bonds. The Morgan fingerprint density at radius 2 is 2.09 bits per heavy atom. The van der Waals surface area contributed by atoms with Gasteiger partial charge in [0, 0.05) is 32.1 Å². The third kappa shape index (κ3) is 2.21. The summed E-state index contributed by atoms with van der Waals surface area (Å²) in [7, 11) is 0. The normalized spacial score (nSPS) is 43.5. The zero-order valence-corrected chi connectivity index (χ0v) is 13.8. The Hall–Kier alpha value is -0.620. The van der Waals surface area contributed by atoms with E-state index in [9.17, 15) is 4.79 Å². The first kappa shape index (κ1) is 14.9. The molecule has 0 aromatic carbocycles. The van der Waals surface area contributed by atoms with E-state index < -0.39 is 10.4 Å². The van der Waals surface area contributed by atoms with Gasteiger partial charge in [-0.05, 0) is 38.0 Å². The van der Waals surface area contributed by atoms with Crippen LogP contribution in [0.25, 0.3) is 0 Å². The lowest BCUT2D eigenvalue weighted by atomic mass is 9.82. The van der Waals surface area contributed by atoms with Gasteiger partial charge in [0.15, 0.2) is 5.17 Å². The number of hydrogen-bond donors (Lipinski definition) is 1. The number of alkyl halides is 1. The molecule has 4 atom stereocenters. The van der Waals surface area contributed by atoms with Crippen LogP contribution in [0.3, 0.4) is 0 Å². The molecule has 2 aliphatic heterocycles. The van der Waals surface area contributed by atoms with Gasteiger partial charge in [-0.1, -0.05) is 18.2 Å². The first-order valence-electron chi connectivity index (χ1n) is 8.35. The van der Waals surface area contributed by atoms with Crippen molar-refractivity contribution in [1.82, 2.24) is 5.32 Å². The highest BCUT2D eigenvalue weighted by Gasteiger charge is 2.59. The Morgan fingerprint density at radius 1 is 1.32 bits per heavy atom. The van der Waals surface area contributed by atoms with Crippen molar-refractivity contribution >= 4 is 22.8 Å². The number of amidine groups is 1. The summed E-state index contributed by atoms with van der Waals surface area (Å²) >= 11 is 1.30. The van der Waals surface area contributed by atoms with Crippen molar-refractivity contribution in [2.45, 2.75) is 61.9 Å². The van der Waals surface area contributed by atoms with Crippen LogP contribution < -0.4 is 5.32 Å². The lowest BCUT2D eigenvalue weighted by Crippen LogP contribution is -2.53. The van der Waals surface area contributed by atoms with E-state index in [2.05, 4.69) is 10.3 Å². The number of aliphatic imine (C=N–C) groups is 1. The summed E-state index contributed by atoms with van der Waals surface area (Å²) in [6.07, 6.45) is 5.63. The van der Waals surface area contributed by atoms with E-state index in [-0.39, 0.29) is 18.7 Å². The Balaban J connectivity index is 1.46. The molecule has 2 bridgehead atoms. The van der Waals surface area contributed by atoms with E-state index in [1.807, 2.05) is 0 Å². The highest BCUT2D eigenvalue weighted by atomic mass is 32.2. The molecule has 2 aliphatic carbocycles. The predicted octanol–water partition coefficient (Wildman–Crippen LogP) is 2.67. The molecule has 0 aromatic heterocycles. The third-order valence-electron chi connectivity index (χ3n) is 6.10. The number of carbonyl (C=O) groups excluding carboxylic acids is 1. The van der Waals surface area contributed by atoms with E-state index >= 15 is 4.39 Å². The van der Waals surface area contributed by atoms with Crippen molar-refractivity contribution in [2.75, 3.05) is 13.2 Å². The molecule has 4 aliphatic rings. The maximum absolute atomic E-state index is 15.3. The molecule has 2 unspecified atom stereocenters. The van der Waals surface area contributed by atoms with Crippen LogP contribution in [0.1, 0.15) is 45.4 Å². The highest BCUT2D eigenvalue weighted by Crippen LogP contribution is 2.50. The molecule has 0 aromatic rings. The zero-order valence-electron chi connectivity index (χ0n) is 12.9. The van der Waals surface area contributed by atoms with Gasteiger partial charge >= 0.3 is 0 Å². The second kappa shape index (κ2) is 5.20. The van der Waals surface area contributed by atoms with Crippen LogP contribution >= 0.6 is 11.8 Å². The molecule has 0 spiro atoms. The van der Waals surface area contributed by atoms with Gasteiger partial charge in [0.2, 0.25) is 0 Å². The Bertz CT molecular complexity index is 520. The standard InChI is InChI=1S/C16H23FN2O2S/c1-15(16(17)4-6-21-7-5-16)13(20)19-14(22-15)18-12-9-10-2-3-11(12)8-10/h10-12H,2-9H2,1H3,(H,18,19,20)/t10-,11?,12+,15?/m1/s1. The second-order valence-corrected chi connectivity index (χ2v) is 8.77. The maximum Gasteiger partial charge on any atom is 0.267 e. The van der Waals surface area contributed by atoms with Crippen LogP contribution in [-0.2, 0) is 9.53 Å². The predicted molar refractivity (Wildman–Crippen MR) is 84.7 cm³/mol. The van der Waals surface area contributed by atoms with Crippen LogP contribution in [-0.4, -0.2) is 40.7 Å². The maximum atomic E-state index is 15.3. The Labute approximate surface area is 134 Å². The minimum atomic E-state index is -1.52. The highest BCUT2D eigenvalue weighted by molar-refractivity contribution is 8.16. The average molecular weight is 326 g/mol. The molecule has 1 N–H and O–H groups in total. The lowest BCUT2D eigenvalue weighted by Gasteiger charge is -2.40. The number of carbonyl (C=O) groups is 1. The fourth-order valence-electron chi connectivity index (χ4n) is 4.56. The van der Waals surface area contributed by atoms with Gasteiger partial charge in [-0.3, -0.25) is 4.79 Å². The Morgan fingerprint density at radius 3 is 2.73 bits per heavy atom. The van der Waals surface area contributed by atoms with E-state index in [0.29, 0.717) is 30.3 Å². The number of halogens is 1. The molecule has 22 heavy (non-hydrogen) atoms. The first-order chi connectivity index (χ1) is 10.5. The van der Waals surface area contributed by atoms with Crippen molar-refractivity contribution in [3.63, 3.8) is 0 Å². The summed E-state index contributed by atoms with van der Waals surface area (Å²) in [4.78, 5) is 16.6. The average Bonchev–Trinajstić information content (AvgIpc) is 3.16. The molecule has 2 heterocycles. The molecular formula is C16H23FN2O2S.